The molecule has 3 N–H and O–H groups in total. The highest BCUT2D eigenvalue weighted by Crippen LogP contribution is 2.25. The molecule has 0 saturated carbocycles. The number of carboxylic acids is 1. The lowest BCUT2D eigenvalue weighted by Gasteiger charge is -2.02. The number of carbonyl (C=O) groups is 1. The third-order valence-electron chi connectivity index (χ3n) is 2.21. The lowest BCUT2D eigenvalue weighted by Crippen LogP contribution is -1.93. The number of furan rings is 1. The molecule has 5 heteroatoms. The summed E-state index contributed by atoms with van der Waals surface area (Å²) >= 11 is 0. The monoisotopic (exact) mass is 218 g/mol. The van der Waals surface area contributed by atoms with Crippen LogP contribution in [0, 0.1) is 6.92 Å². The Balaban J connectivity index is 2.46. The number of nitrogens with two attached hydrogens (primary N) is 1. The Hall–Kier alpha value is -2.30. The summed E-state index contributed by atoms with van der Waals surface area (Å²) in [6.07, 6.45) is 1.56. The van der Waals surface area contributed by atoms with E-state index in [1.807, 2.05) is 6.92 Å². The second-order valence-corrected chi connectivity index (χ2v) is 3.39. The van der Waals surface area contributed by atoms with Crippen molar-refractivity contribution in [3.8, 4) is 11.3 Å². The molecular weight excluding hydrogens is 208 g/mol. The van der Waals surface area contributed by atoms with Gasteiger partial charge in [0.1, 0.15) is 11.6 Å². The van der Waals surface area contributed by atoms with Gasteiger partial charge in [-0.3, -0.25) is 0 Å². The highest BCUT2D eigenvalue weighted by atomic mass is 16.4. The molecule has 0 aliphatic rings. The van der Waals surface area contributed by atoms with E-state index in [0.29, 0.717) is 11.6 Å². The minimum Gasteiger partial charge on any atom is -0.475 e. The zero-order chi connectivity index (χ0) is 11.7. The van der Waals surface area contributed by atoms with Gasteiger partial charge in [-0.15, -0.1) is 0 Å². The Morgan fingerprint density at radius 3 is 2.81 bits per heavy atom. The van der Waals surface area contributed by atoms with Crippen molar-refractivity contribution in [1.82, 2.24) is 4.98 Å². The molecule has 2 aromatic heterocycles. The van der Waals surface area contributed by atoms with E-state index in [0.717, 1.165) is 11.1 Å². The average Bonchev–Trinajstić information content (AvgIpc) is 2.66. The van der Waals surface area contributed by atoms with Crippen molar-refractivity contribution in [2.45, 2.75) is 6.92 Å². The molecule has 0 aromatic carbocycles. The van der Waals surface area contributed by atoms with Crippen molar-refractivity contribution in [1.29, 1.82) is 0 Å². The third-order valence-corrected chi connectivity index (χ3v) is 2.21. The number of carboxylic acid groups (broad SMARTS) is 1. The highest BCUT2D eigenvalue weighted by Gasteiger charge is 2.12. The number of nitrogens with zero attached hydrogens (tertiary/aromatic N) is 1. The van der Waals surface area contributed by atoms with Gasteiger partial charge in [-0.25, -0.2) is 9.78 Å². The van der Waals surface area contributed by atoms with E-state index in [-0.39, 0.29) is 5.76 Å². The minimum absolute atomic E-state index is 0.0915. The number of pyridine rings is 1. The van der Waals surface area contributed by atoms with E-state index in [2.05, 4.69) is 4.98 Å². The molecule has 0 fully saturated rings. The summed E-state index contributed by atoms with van der Waals surface area (Å²) in [5.74, 6) is -0.285. The summed E-state index contributed by atoms with van der Waals surface area (Å²) in [4.78, 5) is 14.6. The van der Waals surface area contributed by atoms with Crippen LogP contribution in [0.2, 0.25) is 0 Å². The van der Waals surface area contributed by atoms with Crippen LogP contribution < -0.4 is 5.73 Å². The van der Waals surface area contributed by atoms with Crippen LogP contribution in [0.4, 0.5) is 5.82 Å². The maximum atomic E-state index is 10.7. The number of aryl methyl sites for hydroxylation is 1. The molecule has 0 aliphatic carbocycles. The summed E-state index contributed by atoms with van der Waals surface area (Å²) < 4.78 is 5.17. The number of anilines is 1. The van der Waals surface area contributed by atoms with Crippen LogP contribution in [-0.2, 0) is 0 Å². The van der Waals surface area contributed by atoms with Crippen LogP contribution >= 0.6 is 0 Å². The van der Waals surface area contributed by atoms with Gasteiger partial charge in [0.25, 0.3) is 0 Å². The SMILES string of the molecule is Cc1cc(N)ncc1-c1ccc(C(=O)O)o1. The zero-order valence-electron chi connectivity index (χ0n) is 8.60. The first-order chi connectivity index (χ1) is 7.58. The maximum Gasteiger partial charge on any atom is 0.371 e. The van der Waals surface area contributed by atoms with Crippen molar-refractivity contribution in [3.05, 3.63) is 35.7 Å². The second kappa shape index (κ2) is 3.69. The summed E-state index contributed by atoms with van der Waals surface area (Å²) in [6.45, 7) is 1.86. The van der Waals surface area contributed by atoms with Crippen molar-refractivity contribution >= 4 is 11.8 Å². The Kier molecular flexibility index (Phi) is 2.36. The smallest absolute Gasteiger partial charge is 0.371 e. The van der Waals surface area contributed by atoms with Crippen molar-refractivity contribution in [3.63, 3.8) is 0 Å². The predicted octanol–water partition coefficient (Wildman–Crippen LogP) is 1.93. The maximum absolute atomic E-state index is 10.7. The number of nitrogen functional groups attached to an aromatic ring is 1. The van der Waals surface area contributed by atoms with Gasteiger partial charge in [0.05, 0.1) is 0 Å². The van der Waals surface area contributed by atoms with Gasteiger partial charge in [-0.2, -0.15) is 0 Å². The molecule has 0 spiro atoms. The summed E-state index contributed by atoms with van der Waals surface area (Å²) in [5.41, 5.74) is 7.15. The Morgan fingerprint density at radius 2 is 2.25 bits per heavy atom. The Bertz CT molecular complexity index is 546. The molecule has 0 atom stereocenters. The van der Waals surface area contributed by atoms with Gasteiger partial charge < -0.3 is 15.3 Å². The van der Waals surface area contributed by atoms with E-state index >= 15 is 0 Å². The quantitative estimate of drug-likeness (QED) is 0.803. The topological polar surface area (TPSA) is 89.3 Å². The fourth-order valence-electron chi connectivity index (χ4n) is 1.43. The number of hydrogen-bond donors (Lipinski definition) is 2. The minimum atomic E-state index is -1.09. The predicted molar refractivity (Wildman–Crippen MR) is 58.0 cm³/mol. The van der Waals surface area contributed by atoms with E-state index < -0.39 is 5.97 Å². The summed E-state index contributed by atoms with van der Waals surface area (Å²) in [5, 5.41) is 8.73. The zero-order valence-corrected chi connectivity index (χ0v) is 8.60. The number of aromatic nitrogens is 1. The molecule has 82 valence electrons. The van der Waals surface area contributed by atoms with E-state index in [1.165, 1.54) is 6.07 Å². The molecule has 0 unspecified atom stereocenters. The second-order valence-electron chi connectivity index (χ2n) is 3.39. The number of aromatic carboxylic acids is 1. The highest BCUT2D eigenvalue weighted by molar-refractivity contribution is 5.85. The van der Waals surface area contributed by atoms with Gasteiger partial charge >= 0.3 is 5.97 Å². The molecule has 0 aliphatic heterocycles. The number of rotatable bonds is 2. The first kappa shape index (κ1) is 10.2. The van der Waals surface area contributed by atoms with Gasteiger partial charge in [0, 0.05) is 11.8 Å². The first-order valence-electron chi connectivity index (χ1n) is 4.63. The summed E-state index contributed by atoms with van der Waals surface area (Å²) in [7, 11) is 0. The van der Waals surface area contributed by atoms with Crippen LogP contribution in [0.5, 0.6) is 0 Å². The normalized spacial score (nSPS) is 10.3. The molecule has 0 radical (unpaired) electrons. The van der Waals surface area contributed by atoms with E-state index in [9.17, 15) is 4.79 Å². The van der Waals surface area contributed by atoms with Gasteiger partial charge in [0.15, 0.2) is 0 Å². The van der Waals surface area contributed by atoms with Crippen LogP contribution in [0.3, 0.4) is 0 Å². The Labute approximate surface area is 91.5 Å². The van der Waals surface area contributed by atoms with Gasteiger partial charge in [-0.05, 0) is 30.7 Å². The van der Waals surface area contributed by atoms with Gasteiger partial charge in [0.2, 0.25) is 5.76 Å². The first-order valence-corrected chi connectivity index (χ1v) is 4.63. The molecule has 2 heterocycles. The standard InChI is InChI=1S/C11H10N2O3/c1-6-4-10(12)13-5-7(6)8-2-3-9(16-8)11(14)15/h2-5H,1H3,(H2,12,13)(H,14,15). The van der Waals surface area contributed by atoms with Crippen LogP contribution in [0.1, 0.15) is 16.1 Å². The van der Waals surface area contributed by atoms with Crippen LogP contribution in [0.15, 0.2) is 28.8 Å². The van der Waals surface area contributed by atoms with Crippen LogP contribution in [0.25, 0.3) is 11.3 Å². The fourth-order valence-corrected chi connectivity index (χ4v) is 1.43. The lowest BCUT2D eigenvalue weighted by molar-refractivity contribution is 0.0663. The average molecular weight is 218 g/mol. The third kappa shape index (κ3) is 1.75. The van der Waals surface area contributed by atoms with E-state index in [1.54, 1.807) is 18.3 Å². The summed E-state index contributed by atoms with van der Waals surface area (Å²) in [6, 6.07) is 4.72. The molecule has 0 bridgehead atoms. The fraction of sp³-hybridized carbons (Fsp3) is 0.0909. The Morgan fingerprint density at radius 1 is 1.50 bits per heavy atom. The largest absolute Gasteiger partial charge is 0.475 e. The van der Waals surface area contributed by atoms with E-state index in [4.69, 9.17) is 15.3 Å². The molecule has 0 amide bonds. The van der Waals surface area contributed by atoms with Crippen LogP contribution in [-0.4, -0.2) is 16.1 Å². The number of hydrogen-bond acceptors (Lipinski definition) is 4. The van der Waals surface area contributed by atoms with Crippen molar-refractivity contribution in [2.24, 2.45) is 0 Å². The van der Waals surface area contributed by atoms with Crippen molar-refractivity contribution < 1.29 is 14.3 Å². The van der Waals surface area contributed by atoms with Crippen molar-refractivity contribution in [2.75, 3.05) is 5.73 Å². The molecule has 0 saturated heterocycles. The molecule has 5 nitrogen and oxygen atoms in total. The molecular formula is C11H10N2O3. The molecule has 16 heavy (non-hydrogen) atoms. The van der Waals surface area contributed by atoms with Gasteiger partial charge in [-0.1, -0.05) is 0 Å². The molecule has 2 aromatic rings. The lowest BCUT2D eigenvalue weighted by atomic mass is 10.1. The molecule has 2 rings (SSSR count).